The predicted molar refractivity (Wildman–Crippen MR) is 11.3 cm³/mol. The van der Waals surface area contributed by atoms with Crippen LogP contribution in [0.5, 0.6) is 0 Å². The molecule has 0 N–H and O–H groups in total. The fourth-order valence-corrected chi connectivity index (χ4v) is 0. The van der Waals surface area contributed by atoms with Crippen LogP contribution < -0.4 is 0 Å². The molecule has 0 nitrogen and oxygen atoms in total. The van der Waals surface area contributed by atoms with E-state index in [0.29, 0.717) is 0 Å². The average Bonchev–Trinajstić information content (AvgIpc) is 0. The smallest absolute Gasteiger partial charge is 0 e. The Labute approximate surface area is 74.4 Å². The monoisotopic (exact) mass is 228 g/mol. The average molecular weight is 230 g/mol. The van der Waals surface area contributed by atoms with Crippen molar-refractivity contribution >= 4 is 11.0 Å². The van der Waals surface area contributed by atoms with E-state index in [1.165, 1.54) is 0 Å². The fourth-order valence-electron chi connectivity index (χ4n) is 0. The summed E-state index contributed by atoms with van der Waals surface area (Å²) in [5, 5.41) is 0. The van der Waals surface area contributed by atoms with Gasteiger partial charge >= 0.3 is 0 Å². The number of hydrogen-bond donors (Lipinski definition) is 0. The van der Waals surface area contributed by atoms with E-state index >= 15 is 0 Å². The summed E-state index contributed by atoms with van der Waals surface area (Å²) >= 11 is 0. The molecule has 0 amide bonds. The standard InChI is InChI=1S/Ni.H4Si.Ti.Zr/h;1H4;;. The molecule has 0 rings (SSSR count). The van der Waals surface area contributed by atoms with E-state index in [0.717, 1.165) is 0 Å². The van der Waals surface area contributed by atoms with E-state index in [-0.39, 0.29) is 75.4 Å². The molecular weight excluding hydrogens is 226 g/mol. The third kappa shape index (κ3) is 8.85. The maximum absolute atomic E-state index is 0. The molecule has 0 aliphatic heterocycles. The second-order valence-electron chi connectivity index (χ2n) is 0. The van der Waals surface area contributed by atoms with Crippen LogP contribution in [0.1, 0.15) is 0 Å². The van der Waals surface area contributed by atoms with Crippen LogP contribution in [0.25, 0.3) is 0 Å². The van der Waals surface area contributed by atoms with Crippen molar-refractivity contribution in [3.8, 4) is 0 Å². The molecule has 0 saturated carbocycles. The number of hydrogen-bond acceptors (Lipinski definition) is 0. The normalized spacial score (nSPS) is 0. The Hall–Kier alpha value is 2.31. The summed E-state index contributed by atoms with van der Waals surface area (Å²) in [7, 11) is 0. The molecule has 0 heterocycles. The zero-order valence-electron chi connectivity index (χ0n) is 1.32. The van der Waals surface area contributed by atoms with E-state index in [2.05, 4.69) is 0 Å². The summed E-state index contributed by atoms with van der Waals surface area (Å²) < 4.78 is 0. The summed E-state index contributed by atoms with van der Waals surface area (Å²) in [6.45, 7) is 0. The van der Waals surface area contributed by atoms with Crippen LogP contribution in [-0.4, -0.2) is 11.0 Å². The quantitative estimate of drug-likeness (QED) is 0.446. The molecule has 4 heteroatoms. The Kier molecular flexibility index (Phi) is 154. The third-order valence-electron chi connectivity index (χ3n) is 0. The van der Waals surface area contributed by atoms with E-state index in [1.807, 2.05) is 0 Å². The summed E-state index contributed by atoms with van der Waals surface area (Å²) in [5.41, 5.74) is 0. The van der Waals surface area contributed by atoms with Gasteiger partial charge in [-0.05, 0) is 11.0 Å². The largest absolute Gasteiger partial charge is 0.0149 e. The first-order chi connectivity index (χ1) is 0. The molecule has 0 atom stereocenters. The second kappa shape index (κ2) is 18.5. The molecule has 4 heavy (non-hydrogen) atoms. The maximum Gasteiger partial charge on any atom is 0 e. The van der Waals surface area contributed by atoms with Gasteiger partial charge in [-0.3, -0.25) is 0 Å². The Morgan fingerprint density at radius 2 is 1.00 bits per heavy atom. The maximum atomic E-state index is 0. The molecular formula is H4NiSiTiZr. The molecule has 0 unspecified atom stereocenters. The minimum absolute atomic E-state index is 0. The second-order valence-corrected chi connectivity index (χ2v) is 0. The summed E-state index contributed by atoms with van der Waals surface area (Å²) in [4.78, 5) is 0. The first kappa shape index (κ1) is 33.4. The molecule has 0 radical (unpaired) electrons. The molecule has 0 spiro atoms. The van der Waals surface area contributed by atoms with Gasteiger partial charge in [-0.1, -0.05) is 0 Å². The minimum Gasteiger partial charge on any atom is -0.0149 e. The first-order valence-corrected chi connectivity index (χ1v) is 0. The van der Waals surface area contributed by atoms with Crippen LogP contribution in [0.2, 0.25) is 0 Å². The zero-order chi connectivity index (χ0) is 0. The first-order valence-electron chi connectivity index (χ1n) is 0. The van der Waals surface area contributed by atoms with Gasteiger partial charge in [-0.15, -0.1) is 0 Å². The Bertz CT molecular complexity index is 8.00. The molecule has 26 valence electrons. The van der Waals surface area contributed by atoms with Crippen molar-refractivity contribution in [2.75, 3.05) is 0 Å². The van der Waals surface area contributed by atoms with Gasteiger partial charge in [0.15, 0.2) is 0 Å². The molecule has 0 fully saturated rings. The van der Waals surface area contributed by atoms with Gasteiger partial charge in [0.2, 0.25) is 0 Å². The van der Waals surface area contributed by atoms with Crippen LogP contribution in [0.15, 0.2) is 0 Å². The van der Waals surface area contributed by atoms with Gasteiger partial charge < -0.3 is 0 Å². The zero-order valence-corrected chi connectivity index (χ0v) is 6.32. The van der Waals surface area contributed by atoms with Gasteiger partial charge in [0.25, 0.3) is 0 Å². The fraction of sp³-hybridized carbons (Fsp3) is 0. The van der Waals surface area contributed by atoms with Crippen molar-refractivity contribution in [2.24, 2.45) is 0 Å². The van der Waals surface area contributed by atoms with Gasteiger partial charge in [0.05, 0.1) is 0 Å². The van der Waals surface area contributed by atoms with E-state index in [4.69, 9.17) is 0 Å². The van der Waals surface area contributed by atoms with E-state index in [9.17, 15) is 0 Å². The summed E-state index contributed by atoms with van der Waals surface area (Å²) in [6, 6.07) is 0. The minimum atomic E-state index is 0. The Balaban J connectivity index is 0. The molecule has 0 aliphatic rings. The van der Waals surface area contributed by atoms with Crippen LogP contribution in [0.3, 0.4) is 0 Å². The van der Waals surface area contributed by atoms with Crippen LogP contribution in [0.4, 0.5) is 0 Å². The molecule has 0 saturated heterocycles. The topological polar surface area (TPSA) is 0 Å². The summed E-state index contributed by atoms with van der Waals surface area (Å²) in [6.07, 6.45) is 0. The Morgan fingerprint density at radius 3 is 1.00 bits per heavy atom. The van der Waals surface area contributed by atoms with Crippen LogP contribution in [0, 0.1) is 0 Å². The van der Waals surface area contributed by atoms with Crippen molar-refractivity contribution in [3.63, 3.8) is 0 Å². The van der Waals surface area contributed by atoms with Gasteiger partial charge in [-0.25, -0.2) is 0 Å². The van der Waals surface area contributed by atoms with Crippen molar-refractivity contribution in [3.05, 3.63) is 0 Å². The van der Waals surface area contributed by atoms with Gasteiger partial charge in [0, 0.05) is 64.4 Å². The van der Waals surface area contributed by atoms with Crippen LogP contribution >= 0.6 is 0 Å². The van der Waals surface area contributed by atoms with E-state index < -0.39 is 0 Å². The van der Waals surface area contributed by atoms with E-state index in [1.54, 1.807) is 0 Å². The SMILES string of the molecule is [Ni].[SiH4].[Ti].[Zr]. The van der Waals surface area contributed by atoms with Crippen molar-refractivity contribution < 1.29 is 64.4 Å². The molecule has 0 aromatic heterocycles. The molecule has 0 aromatic rings. The molecule has 0 aliphatic carbocycles. The third-order valence-corrected chi connectivity index (χ3v) is 0. The molecule has 0 bridgehead atoms. The van der Waals surface area contributed by atoms with Gasteiger partial charge in [0.1, 0.15) is 0 Å². The summed E-state index contributed by atoms with van der Waals surface area (Å²) in [5.74, 6) is 0. The predicted octanol–water partition coefficient (Wildman–Crippen LogP) is -1.46. The van der Waals surface area contributed by atoms with Crippen LogP contribution in [-0.2, 0) is 64.4 Å². The van der Waals surface area contributed by atoms with Crippen molar-refractivity contribution in [2.45, 2.75) is 0 Å². The van der Waals surface area contributed by atoms with Gasteiger partial charge in [-0.2, -0.15) is 0 Å². The molecule has 0 aromatic carbocycles. The van der Waals surface area contributed by atoms with Crippen molar-refractivity contribution in [1.82, 2.24) is 0 Å². The number of rotatable bonds is 0. The van der Waals surface area contributed by atoms with Crippen molar-refractivity contribution in [1.29, 1.82) is 0 Å². The Morgan fingerprint density at radius 1 is 1.00 bits per heavy atom.